The van der Waals surface area contributed by atoms with E-state index in [1.54, 1.807) is 0 Å². The van der Waals surface area contributed by atoms with Crippen molar-refractivity contribution in [2.45, 2.75) is 25.4 Å². The van der Waals surface area contributed by atoms with Crippen molar-refractivity contribution in [1.29, 1.82) is 5.26 Å². The molecule has 1 fully saturated rings. The third kappa shape index (κ3) is 2.21. The van der Waals surface area contributed by atoms with Gasteiger partial charge in [0, 0.05) is 12.5 Å². The standard InChI is InChI=1S/C8H11NO3/c9-5-7-6(4-8(10)11)2-1-3-12-7/h6-7H,1-4H2,(H,10,11). The molecular weight excluding hydrogens is 158 g/mol. The van der Waals surface area contributed by atoms with Gasteiger partial charge in [0.2, 0.25) is 0 Å². The topological polar surface area (TPSA) is 70.3 Å². The maximum Gasteiger partial charge on any atom is 0.303 e. The number of ether oxygens (including phenoxy) is 1. The molecule has 0 aromatic rings. The smallest absolute Gasteiger partial charge is 0.303 e. The zero-order valence-electron chi connectivity index (χ0n) is 6.69. The van der Waals surface area contributed by atoms with Gasteiger partial charge in [-0.2, -0.15) is 5.26 Å². The summed E-state index contributed by atoms with van der Waals surface area (Å²) in [6.07, 6.45) is 1.16. The average molecular weight is 169 g/mol. The van der Waals surface area contributed by atoms with Gasteiger partial charge in [-0.15, -0.1) is 0 Å². The van der Waals surface area contributed by atoms with E-state index >= 15 is 0 Å². The van der Waals surface area contributed by atoms with Crippen LogP contribution in [0.1, 0.15) is 19.3 Å². The SMILES string of the molecule is N#CC1OCCCC1CC(=O)O. The summed E-state index contributed by atoms with van der Waals surface area (Å²) in [5.41, 5.74) is 0. The number of aliphatic carboxylic acids is 1. The van der Waals surface area contributed by atoms with E-state index in [0.717, 1.165) is 12.8 Å². The average Bonchev–Trinajstić information content (AvgIpc) is 2.04. The summed E-state index contributed by atoms with van der Waals surface area (Å²) in [4.78, 5) is 10.4. The van der Waals surface area contributed by atoms with E-state index < -0.39 is 12.1 Å². The number of hydrogen-bond acceptors (Lipinski definition) is 3. The Morgan fingerprint density at radius 1 is 1.75 bits per heavy atom. The second-order valence-electron chi connectivity index (χ2n) is 2.92. The van der Waals surface area contributed by atoms with Gasteiger partial charge < -0.3 is 9.84 Å². The quantitative estimate of drug-likeness (QED) is 0.663. The highest BCUT2D eigenvalue weighted by Crippen LogP contribution is 2.23. The molecule has 0 amide bonds. The number of nitrogens with zero attached hydrogens (tertiary/aromatic N) is 1. The second kappa shape index (κ2) is 4.07. The number of nitriles is 1. The summed E-state index contributed by atoms with van der Waals surface area (Å²) in [7, 11) is 0. The highest BCUT2D eigenvalue weighted by atomic mass is 16.5. The first-order valence-corrected chi connectivity index (χ1v) is 3.97. The Hall–Kier alpha value is -1.08. The van der Waals surface area contributed by atoms with Crippen molar-refractivity contribution in [3.63, 3.8) is 0 Å². The van der Waals surface area contributed by atoms with Gasteiger partial charge in [0.25, 0.3) is 0 Å². The van der Waals surface area contributed by atoms with E-state index in [2.05, 4.69) is 0 Å². The summed E-state index contributed by atoms with van der Waals surface area (Å²) < 4.78 is 5.12. The van der Waals surface area contributed by atoms with Crippen LogP contribution in [0.4, 0.5) is 0 Å². The highest BCUT2D eigenvalue weighted by Gasteiger charge is 2.27. The van der Waals surface area contributed by atoms with Crippen LogP contribution in [0, 0.1) is 17.2 Å². The maximum atomic E-state index is 10.4. The molecule has 0 bridgehead atoms. The van der Waals surface area contributed by atoms with Crippen LogP contribution in [-0.2, 0) is 9.53 Å². The van der Waals surface area contributed by atoms with Crippen LogP contribution >= 0.6 is 0 Å². The minimum absolute atomic E-state index is 0.0399. The predicted octanol–water partition coefficient (Wildman–Crippen LogP) is 0.780. The zero-order chi connectivity index (χ0) is 8.97. The van der Waals surface area contributed by atoms with Crippen LogP contribution in [0.25, 0.3) is 0 Å². The molecule has 0 radical (unpaired) electrons. The molecule has 0 aromatic heterocycles. The molecule has 1 saturated heterocycles. The van der Waals surface area contributed by atoms with Crippen molar-refractivity contribution < 1.29 is 14.6 Å². The molecule has 1 aliphatic heterocycles. The normalized spacial score (nSPS) is 29.2. The van der Waals surface area contributed by atoms with Gasteiger partial charge in [0.05, 0.1) is 12.5 Å². The predicted molar refractivity (Wildman–Crippen MR) is 40.3 cm³/mol. The highest BCUT2D eigenvalue weighted by molar-refractivity contribution is 5.67. The Bertz CT molecular complexity index is 209. The fourth-order valence-corrected chi connectivity index (χ4v) is 1.42. The minimum atomic E-state index is -0.856. The largest absolute Gasteiger partial charge is 0.481 e. The molecule has 1 rings (SSSR count). The van der Waals surface area contributed by atoms with Gasteiger partial charge in [0.15, 0.2) is 0 Å². The first-order valence-electron chi connectivity index (χ1n) is 3.97. The third-order valence-corrected chi connectivity index (χ3v) is 2.01. The molecule has 0 spiro atoms. The molecule has 4 heteroatoms. The number of hydrogen-bond donors (Lipinski definition) is 1. The van der Waals surface area contributed by atoms with E-state index in [1.807, 2.05) is 6.07 Å². The van der Waals surface area contributed by atoms with Gasteiger partial charge >= 0.3 is 5.97 Å². The van der Waals surface area contributed by atoms with E-state index in [9.17, 15) is 4.79 Å². The molecule has 66 valence electrons. The molecule has 2 atom stereocenters. The Kier molecular flexibility index (Phi) is 3.06. The van der Waals surface area contributed by atoms with Crippen molar-refractivity contribution in [1.82, 2.24) is 0 Å². The van der Waals surface area contributed by atoms with Gasteiger partial charge in [0.1, 0.15) is 6.10 Å². The zero-order valence-corrected chi connectivity index (χ0v) is 6.69. The van der Waals surface area contributed by atoms with Crippen molar-refractivity contribution in [2.75, 3.05) is 6.61 Å². The summed E-state index contributed by atoms with van der Waals surface area (Å²) in [6.45, 7) is 0.578. The molecule has 2 unspecified atom stereocenters. The van der Waals surface area contributed by atoms with Crippen LogP contribution < -0.4 is 0 Å². The van der Waals surface area contributed by atoms with Gasteiger partial charge in [-0.05, 0) is 12.8 Å². The van der Waals surface area contributed by atoms with Crippen LogP contribution in [0.3, 0.4) is 0 Å². The molecule has 0 aromatic carbocycles. The summed E-state index contributed by atoms with van der Waals surface area (Å²) >= 11 is 0. The summed E-state index contributed by atoms with van der Waals surface area (Å²) in [5.74, 6) is -0.980. The van der Waals surface area contributed by atoms with Crippen LogP contribution in [0.15, 0.2) is 0 Å². The van der Waals surface area contributed by atoms with Crippen molar-refractivity contribution >= 4 is 5.97 Å². The molecule has 4 nitrogen and oxygen atoms in total. The fraction of sp³-hybridized carbons (Fsp3) is 0.750. The third-order valence-electron chi connectivity index (χ3n) is 2.01. The number of carboxylic acids is 1. The molecule has 1 aliphatic rings. The lowest BCUT2D eigenvalue weighted by atomic mass is 9.92. The number of carboxylic acid groups (broad SMARTS) is 1. The van der Waals surface area contributed by atoms with Gasteiger partial charge in [-0.3, -0.25) is 4.79 Å². The lowest BCUT2D eigenvalue weighted by molar-refractivity contribution is -0.140. The summed E-state index contributed by atoms with van der Waals surface area (Å²) in [5, 5.41) is 17.1. The Balaban J connectivity index is 2.48. The molecule has 0 saturated carbocycles. The first-order chi connectivity index (χ1) is 5.74. The molecule has 1 N–H and O–H groups in total. The van der Waals surface area contributed by atoms with Gasteiger partial charge in [-0.1, -0.05) is 0 Å². The van der Waals surface area contributed by atoms with E-state index in [-0.39, 0.29) is 12.3 Å². The van der Waals surface area contributed by atoms with Crippen LogP contribution in [0.5, 0.6) is 0 Å². The summed E-state index contributed by atoms with van der Waals surface area (Å²) in [6, 6.07) is 1.97. The molecular formula is C8H11NO3. The van der Waals surface area contributed by atoms with Gasteiger partial charge in [-0.25, -0.2) is 0 Å². The number of rotatable bonds is 2. The monoisotopic (exact) mass is 169 g/mol. The van der Waals surface area contributed by atoms with Crippen molar-refractivity contribution in [3.05, 3.63) is 0 Å². The Labute approximate surface area is 70.7 Å². The minimum Gasteiger partial charge on any atom is -0.481 e. The van der Waals surface area contributed by atoms with E-state index in [4.69, 9.17) is 15.1 Å². The lowest BCUT2D eigenvalue weighted by Crippen LogP contribution is -2.29. The van der Waals surface area contributed by atoms with Crippen LogP contribution in [0.2, 0.25) is 0 Å². The molecule has 0 aliphatic carbocycles. The fourth-order valence-electron chi connectivity index (χ4n) is 1.42. The van der Waals surface area contributed by atoms with E-state index in [1.165, 1.54) is 0 Å². The maximum absolute atomic E-state index is 10.4. The second-order valence-corrected chi connectivity index (χ2v) is 2.92. The van der Waals surface area contributed by atoms with E-state index in [0.29, 0.717) is 6.61 Å². The Morgan fingerprint density at radius 2 is 2.50 bits per heavy atom. The first kappa shape index (κ1) is 9.01. The van der Waals surface area contributed by atoms with Crippen LogP contribution in [-0.4, -0.2) is 23.8 Å². The molecule has 1 heterocycles. The number of carbonyl (C=O) groups is 1. The lowest BCUT2D eigenvalue weighted by Gasteiger charge is -2.25. The van der Waals surface area contributed by atoms with Crippen molar-refractivity contribution in [3.8, 4) is 6.07 Å². The molecule has 12 heavy (non-hydrogen) atoms. The van der Waals surface area contributed by atoms with Crippen molar-refractivity contribution in [2.24, 2.45) is 5.92 Å². The Morgan fingerprint density at radius 3 is 3.08 bits per heavy atom.